The summed E-state index contributed by atoms with van der Waals surface area (Å²) in [7, 11) is 0. The van der Waals surface area contributed by atoms with Crippen molar-refractivity contribution >= 4 is 49.4 Å². The molecule has 62 heavy (non-hydrogen) atoms. The highest BCUT2D eigenvalue weighted by Crippen LogP contribution is 2.48. The summed E-state index contributed by atoms with van der Waals surface area (Å²) in [4.78, 5) is 2.38. The summed E-state index contributed by atoms with van der Waals surface area (Å²) in [6.45, 7) is 0. The largest absolute Gasteiger partial charge is 0.456 e. The second kappa shape index (κ2) is 14.8. The van der Waals surface area contributed by atoms with E-state index >= 15 is 0 Å². The van der Waals surface area contributed by atoms with Gasteiger partial charge in [-0.05, 0) is 132 Å². The zero-order valence-electron chi connectivity index (χ0n) is 33.9. The number of anilines is 3. The third-order valence-corrected chi connectivity index (χ3v) is 12.4. The van der Waals surface area contributed by atoms with Crippen LogP contribution in [0.1, 0.15) is 0 Å². The van der Waals surface area contributed by atoms with E-state index in [0.29, 0.717) is 0 Å². The van der Waals surface area contributed by atoms with Gasteiger partial charge >= 0.3 is 0 Å². The molecule has 0 aliphatic carbocycles. The molecule has 1 heterocycles. The van der Waals surface area contributed by atoms with Gasteiger partial charge in [0, 0.05) is 28.0 Å². The minimum Gasteiger partial charge on any atom is -0.456 e. The third kappa shape index (κ3) is 6.20. The summed E-state index contributed by atoms with van der Waals surface area (Å²) < 4.78 is 6.47. The highest BCUT2D eigenvalue weighted by atomic mass is 16.5. The fourth-order valence-corrected chi connectivity index (χ4v) is 9.43. The number of rotatable bonds is 7. The van der Waals surface area contributed by atoms with Gasteiger partial charge in [-0.3, -0.25) is 0 Å². The Morgan fingerprint density at radius 2 is 0.742 bits per heavy atom. The number of ether oxygens (including phenoxy) is 1. The van der Waals surface area contributed by atoms with Crippen molar-refractivity contribution in [2.24, 2.45) is 0 Å². The maximum atomic E-state index is 6.47. The van der Waals surface area contributed by atoms with Gasteiger partial charge in [0.2, 0.25) is 0 Å². The maximum absolute atomic E-state index is 6.47. The van der Waals surface area contributed by atoms with Crippen molar-refractivity contribution in [1.29, 1.82) is 0 Å². The van der Waals surface area contributed by atoms with Gasteiger partial charge in [-0.1, -0.05) is 182 Å². The molecule has 1 aliphatic heterocycles. The first-order chi connectivity index (χ1) is 30.7. The van der Waals surface area contributed by atoms with Crippen LogP contribution in [0.3, 0.4) is 0 Å². The van der Waals surface area contributed by atoms with Crippen LogP contribution in [-0.4, -0.2) is 0 Å². The highest BCUT2D eigenvalue weighted by molar-refractivity contribution is 6.05. The highest BCUT2D eigenvalue weighted by Gasteiger charge is 2.21. The molecule has 0 bridgehead atoms. The topological polar surface area (TPSA) is 12.5 Å². The van der Waals surface area contributed by atoms with Crippen molar-refractivity contribution in [3.63, 3.8) is 0 Å². The molecule has 0 unspecified atom stereocenters. The van der Waals surface area contributed by atoms with E-state index < -0.39 is 0 Å². The minimum atomic E-state index is 0.881. The van der Waals surface area contributed by atoms with Gasteiger partial charge in [0.25, 0.3) is 0 Å². The molecular weight excluding hydrogens is 751 g/mol. The molecule has 0 fully saturated rings. The van der Waals surface area contributed by atoms with Crippen LogP contribution in [0, 0.1) is 0 Å². The van der Waals surface area contributed by atoms with Crippen LogP contribution in [0.4, 0.5) is 17.1 Å². The Hall–Kier alpha value is -8.20. The normalized spacial score (nSPS) is 11.7. The van der Waals surface area contributed by atoms with Crippen LogP contribution >= 0.6 is 0 Å². The van der Waals surface area contributed by atoms with Gasteiger partial charge < -0.3 is 9.64 Å². The van der Waals surface area contributed by atoms with E-state index in [0.717, 1.165) is 50.6 Å². The van der Waals surface area contributed by atoms with E-state index in [9.17, 15) is 0 Å². The van der Waals surface area contributed by atoms with Crippen molar-refractivity contribution in [3.05, 3.63) is 237 Å². The first-order valence-electron chi connectivity index (χ1n) is 21.2. The summed E-state index contributed by atoms with van der Waals surface area (Å²) in [5, 5.41) is 7.34. The van der Waals surface area contributed by atoms with Gasteiger partial charge in [0.1, 0.15) is 11.5 Å². The first kappa shape index (κ1) is 35.7. The Morgan fingerprint density at radius 1 is 0.258 bits per heavy atom. The van der Waals surface area contributed by atoms with E-state index in [1.165, 1.54) is 65.9 Å². The Labute approximate surface area is 361 Å². The number of hydrogen-bond donors (Lipinski definition) is 0. The molecule has 0 saturated heterocycles. The van der Waals surface area contributed by atoms with Gasteiger partial charge in [-0.2, -0.15) is 0 Å². The summed E-state index contributed by atoms with van der Waals surface area (Å²) in [5.41, 5.74) is 15.0. The van der Waals surface area contributed by atoms with Crippen LogP contribution in [-0.2, 0) is 0 Å². The van der Waals surface area contributed by atoms with E-state index in [1.807, 2.05) is 0 Å². The molecule has 0 amide bonds. The average molecular weight is 790 g/mol. The lowest BCUT2D eigenvalue weighted by Crippen LogP contribution is -2.10. The zero-order valence-corrected chi connectivity index (χ0v) is 33.9. The predicted molar refractivity (Wildman–Crippen MR) is 261 cm³/mol. The lowest BCUT2D eigenvalue weighted by Gasteiger charge is -2.27. The summed E-state index contributed by atoms with van der Waals surface area (Å²) in [6.07, 6.45) is 0. The fourth-order valence-electron chi connectivity index (χ4n) is 9.43. The van der Waals surface area contributed by atoms with E-state index in [4.69, 9.17) is 4.74 Å². The van der Waals surface area contributed by atoms with Gasteiger partial charge in [-0.25, -0.2) is 0 Å². The molecule has 0 radical (unpaired) electrons. The molecule has 2 heteroatoms. The SMILES string of the molecule is c1cc(-c2ccc3c(c2)-c2cccc4cccc(c24)O3)cc(N(c2ccc(-c3ccc(-c4cccc5ccccc45)cc3)cc2)c2cccc(-c3cccc4ccccc34)c2)c1. The molecule has 0 aromatic heterocycles. The Morgan fingerprint density at radius 3 is 1.44 bits per heavy atom. The molecule has 0 saturated carbocycles. The lowest BCUT2D eigenvalue weighted by molar-refractivity contribution is 0.487. The van der Waals surface area contributed by atoms with Crippen molar-refractivity contribution in [2.75, 3.05) is 4.90 Å². The Kier molecular flexibility index (Phi) is 8.53. The molecule has 0 spiro atoms. The number of hydrogen-bond acceptors (Lipinski definition) is 2. The molecule has 12 rings (SSSR count). The average Bonchev–Trinajstić information content (AvgIpc) is 3.34. The monoisotopic (exact) mass is 789 g/mol. The second-order valence-corrected chi connectivity index (χ2v) is 16.1. The predicted octanol–water partition coefficient (Wildman–Crippen LogP) is 17.1. The minimum absolute atomic E-state index is 0.881. The van der Waals surface area contributed by atoms with Crippen LogP contribution in [0.2, 0.25) is 0 Å². The van der Waals surface area contributed by atoms with Gasteiger partial charge in [0.05, 0.1) is 0 Å². The van der Waals surface area contributed by atoms with Crippen molar-refractivity contribution in [1.82, 2.24) is 0 Å². The standard InChI is InChI=1S/C60H39NO/c1-3-21-52-42(11-1)13-7-23-54(52)44-29-27-40(28-30-44)41-31-34-49(35-32-41)61(51-20-6-18-48(38-51)55-24-8-14-43-12-2-4-22-53(43)55)50-19-5-17-46(37-50)47-33-36-58-57(39-47)56-25-9-15-45-16-10-26-59(62-58)60(45)56/h1-39H. The molecular formula is C60H39NO. The van der Waals surface area contributed by atoms with Gasteiger partial charge in [0.15, 0.2) is 0 Å². The summed E-state index contributed by atoms with van der Waals surface area (Å²) >= 11 is 0. The van der Waals surface area contributed by atoms with Crippen LogP contribution < -0.4 is 9.64 Å². The Bertz CT molecular complexity index is 3480. The summed E-state index contributed by atoms with van der Waals surface area (Å²) in [6, 6.07) is 85.5. The van der Waals surface area contributed by atoms with E-state index in [2.05, 4.69) is 241 Å². The number of fused-ring (bicyclic) bond motifs is 4. The molecule has 11 aromatic carbocycles. The van der Waals surface area contributed by atoms with E-state index in [-0.39, 0.29) is 0 Å². The smallest absolute Gasteiger partial charge is 0.135 e. The summed E-state index contributed by atoms with van der Waals surface area (Å²) in [5.74, 6) is 1.79. The van der Waals surface area contributed by atoms with Crippen LogP contribution in [0.25, 0.3) is 88.0 Å². The second-order valence-electron chi connectivity index (χ2n) is 16.1. The van der Waals surface area contributed by atoms with Crippen LogP contribution in [0.15, 0.2) is 237 Å². The molecule has 290 valence electrons. The molecule has 0 atom stereocenters. The van der Waals surface area contributed by atoms with Crippen LogP contribution in [0.5, 0.6) is 11.5 Å². The van der Waals surface area contributed by atoms with Crippen molar-refractivity contribution in [3.8, 4) is 67.1 Å². The van der Waals surface area contributed by atoms with E-state index in [1.54, 1.807) is 0 Å². The molecule has 1 aliphatic rings. The molecule has 0 N–H and O–H groups in total. The quantitative estimate of drug-likeness (QED) is 0.159. The molecule has 11 aromatic rings. The maximum Gasteiger partial charge on any atom is 0.135 e. The zero-order chi connectivity index (χ0) is 41.0. The fraction of sp³-hybridized carbons (Fsp3) is 0. The number of nitrogens with zero attached hydrogens (tertiary/aromatic N) is 1. The lowest BCUT2D eigenvalue weighted by atomic mass is 9.92. The Balaban J connectivity index is 0.942. The molecule has 2 nitrogen and oxygen atoms in total. The first-order valence-corrected chi connectivity index (χ1v) is 21.2. The third-order valence-electron chi connectivity index (χ3n) is 12.4. The van der Waals surface area contributed by atoms with Crippen molar-refractivity contribution < 1.29 is 4.74 Å². The van der Waals surface area contributed by atoms with Crippen molar-refractivity contribution in [2.45, 2.75) is 0 Å². The number of benzene rings is 11. The van der Waals surface area contributed by atoms with Gasteiger partial charge in [-0.15, -0.1) is 0 Å².